The van der Waals surface area contributed by atoms with Gasteiger partial charge in [0, 0.05) is 12.8 Å². The smallest absolute Gasteiger partial charge is 0.305 e. The van der Waals surface area contributed by atoms with Crippen LogP contribution in [0.1, 0.15) is 373 Å². The molecule has 0 fully saturated rings. The normalized spacial score (nSPS) is 12.6. The summed E-state index contributed by atoms with van der Waals surface area (Å²) in [5, 5.41) is 23.4. The predicted molar refractivity (Wildman–Crippen MR) is 324 cm³/mol. The zero-order valence-corrected chi connectivity index (χ0v) is 50.1. The van der Waals surface area contributed by atoms with Gasteiger partial charge in [-0.15, -0.1) is 0 Å². The van der Waals surface area contributed by atoms with E-state index in [0.29, 0.717) is 25.9 Å². The zero-order valence-electron chi connectivity index (χ0n) is 50.1. The summed E-state index contributed by atoms with van der Waals surface area (Å²) in [7, 11) is 0. The fraction of sp³-hybridized carbons (Fsp3) is 0.912. The summed E-state index contributed by atoms with van der Waals surface area (Å²) in [4.78, 5) is 24.6. The largest absolute Gasteiger partial charge is 0.466 e. The highest BCUT2D eigenvalue weighted by molar-refractivity contribution is 5.76. The van der Waals surface area contributed by atoms with Gasteiger partial charge in [-0.1, -0.05) is 308 Å². The molecule has 0 aromatic carbocycles. The van der Waals surface area contributed by atoms with Gasteiger partial charge in [0.1, 0.15) is 0 Å². The van der Waals surface area contributed by atoms with Crippen molar-refractivity contribution in [1.82, 2.24) is 5.32 Å². The number of hydrogen-bond acceptors (Lipinski definition) is 5. The highest BCUT2D eigenvalue weighted by Crippen LogP contribution is 2.18. The fourth-order valence-electron chi connectivity index (χ4n) is 10.6. The van der Waals surface area contributed by atoms with E-state index < -0.39 is 12.1 Å². The van der Waals surface area contributed by atoms with Gasteiger partial charge in [-0.25, -0.2) is 0 Å². The highest BCUT2D eigenvalue weighted by atomic mass is 16.5. The van der Waals surface area contributed by atoms with Crippen LogP contribution in [0, 0.1) is 0 Å². The van der Waals surface area contributed by atoms with E-state index in [4.69, 9.17) is 4.74 Å². The molecular formula is C68H131NO5. The molecule has 3 N–H and O–H groups in total. The monoisotopic (exact) mass is 1040 g/mol. The van der Waals surface area contributed by atoms with Gasteiger partial charge in [0.05, 0.1) is 25.4 Å². The number of ether oxygens (including phenoxy) is 1. The molecular weight excluding hydrogens is 911 g/mol. The second kappa shape index (κ2) is 63.9. The van der Waals surface area contributed by atoms with Gasteiger partial charge in [-0.3, -0.25) is 9.59 Å². The van der Waals surface area contributed by atoms with Crippen molar-refractivity contribution in [3.8, 4) is 0 Å². The van der Waals surface area contributed by atoms with Gasteiger partial charge in [0.2, 0.25) is 5.91 Å². The predicted octanol–water partition coefficient (Wildman–Crippen LogP) is 21.4. The summed E-state index contributed by atoms with van der Waals surface area (Å²) < 4.78 is 5.47. The van der Waals surface area contributed by atoms with Gasteiger partial charge in [0.15, 0.2) is 0 Å². The van der Waals surface area contributed by atoms with Crippen LogP contribution in [0.15, 0.2) is 24.3 Å². The van der Waals surface area contributed by atoms with E-state index in [1.165, 1.54) is 295 Å². The molecule has 0 saturated heterocycles. The maximum Gasteiger partial charge on any atom is 0.305 e. The number of aliphatic hydroxyl groups excluding tert-OH is 2. The summed E-state index contributed by atoms with van der Waals surface area (Å²) in [6.45, 7) is 4.95. The number of esters is 1. The number of allylic oxidation sites excluding steroid dienone is 4. The Morgan fingerprint density at radius 3 is 0.986 bits per heavy atom. The maximum absolute atomic E-state index is 12.5. The Labute approximate surface area is 462 Å². The van der Waals surface area contributed by atoms with Crippen molar-refractivity contribution in [2.75, 3.05) is 13.2 Å². The molecule has 0 aromatic rings. The van der Waals surface area contributed by atoms with Gasteiger partial charge in [-0.05, 0) is 77.0 Å². The van der Waals surface area contributed by atoms with Crippen LogP contribution in [0.4, 0.5) is 0 Å². The van der Waals surface area contributed by atoms with Gasteiger partial charge >= 0.3 is 5.97 Å². The fourth-order valence-corrected chi connectivity index (χ4v) is 10.6. The van der Waals surface area contributed by atoms with Crippen molar-refractivity contribution in [2.45, 2.75) is 386 Å². The first-order valence-corrected chi connectivity index (χ1v) is 33.6. The number of carbonyl (C=O) groups is 2. The number of aliphatic hydroxyl groups is 2. The van der Waals surface area contributed by atoms with E-state index in [9.17, 15) is 19.8 Å². The van der Waals surface area contributed by atoms with Crippen molar-refractivity contribution in [1.29, 1.82) is 0 Å². The molecule has 2 unspecified atom stereocenters. The Hall–Kier alpha value is -1.66. The average Bonchev–Trinajstić information content (AvgIpc) is 3.40. The standard InChI is InChI=1S/C68H131NO5/c1-3-5-7-9-11-13-15-17-18-19-20-21-22-23-25-28-31-34-37-40-44-48-52-56-60-66(71)65(64-70)69-67(72)61-57-53-49-45-41-38-35-32-29-26-24-27-30-33-36-39-43-47-51-55-59-63-74-68(73)62-58-54-50-46-42-16-14-12-10-8-6-4-2/h12,14,26,29,65-66,70-71H,3-11,13,15-25,27-28,30-64H2,1-2H3,(H,69,72)/b14-12-,29-26-. The third-order valence-electron chi connectivity index (χ3n) is 15.7. The van der Waals surface area contributed by atoms with Crippen molar-refractivity contribution in [3.05, 3.63) is 24.3 Å². The Kier molecular flexibility index (Phi) is 62.4. The number of nitrogens with one attached hydrogen (secondary N) is 1. The summed E-state index contributed by atoms with van der Waals surface area (Å²) in [5.41, 5.74) is 0. The summed E-state index contributed by atoms with van der Waals surface area (Å²) >= 11 is 0. The lowest BCUT2D eigenvalue weighted by molar-refractivity contribution is -0.143. The molecule has 0 heterocycles. The molecule has 0 radical (unpaired) electrons. The third-order valence-corrected chi connectivity index (χ3v) is 15.7. The summed E-state index contributed by atoms with van der Waals surface area (Å²) in [6.07, 6.45) is 79.2. The molecule has 0 bridgehead atoms. The van der Waals surface area contributed by atoms with E-state index in [0.717, 1.165) is 44.9 Å². The minimum absolute atomic E-state index is 0.00113. The molecule has 2 atom stereocenters. The molecule has 6 heteroatoms. The second-order valence-electron chi connectivity index (χ2n) is 23.1. The first kappa shape index (κ1) is 72.3. The van der Waals surface area contributed by atoms with Crippen LogP contribution in [0.25, 0.3) is 0 Å². The van der Waals surface area contributed by atoms with Gasteiger partial charge in [0.25, 0.3) is 0 Å². The molecule has 438 valence electrons. The molecule has 0 aliphatic heterocycles. The molecule has 0 rings (SSSR count). The number of rotatable bonds is 63. The minimum Gasteiger partial charge on any atom is -0.466 e. The van der Waals surface area contributed by atoms with E-state index in [2.05, 4.69) is 43.5 Å². The molecule has 0 aromatic heterocycles. The van der Waals surface area contributed by atoms with Crippen LogP contribution in [0.2, 0.25) is 0 Å². The van der Waals surface area contributed by atoms with Crippen molar-refractivity contribution >= 4 is 11.9 Å². The molecule has 0 aliphatic rings. The highest BCUT2D eigenvalue weighted by Gasteiger charge is 2.20. The number of amides is 1. The molecule has 1 amide bonds. The second-order valence-corrected chi connectivity index (χ2v) is 23.1. The number of carbonyl (C=O) groups excluding carboxylic acids is 2. The lowest BCUT2D eigenvalue weighted by atomic mass is 10.0. The lowest BCUT2D eigenvalue weighted by Gasteiger charge is -2.22. The van der Waals surface area contributed by atoms with Crippen molar-refractivity contribution in [3.63, 3.8) is 0 Å². The molecule has 0 saturated carbocycles. The topological polar surface area (TPSA) is 95.9 Å². The first-order chi connectivity index (χ1) is 36.5. The van der Waals surface area contributed by atoms with Crippen LogP contribution in [-0.2, 0) is 14.3 Å². The molecule has 6 nitrogen and oxygen atoms in total. The quantitative estimate of drug-likeness (QED) is 0.0320. The van der Waals surface area contributed by atoms with Crippen LogP contribution in [0.3, 0.4) is 0 Å². The van der Waals surface area contributed by atoms with Crippen LogP contribution in [-0.4, -0.2) is 47.4 Å². The van der Waals surface area contributed by atoms with Crippen LogP contribution in [0.5, 0.6) is 0 Å². The van der Waals surface area contributed by atoms with Crippen LogP contribution < -0.4 is 5.32 Å². The Bertz CT molecular complexity index is 1150. The SMILES string of the molecule is CCCCC/C=C\CCCCCCCC(=O)OCCCCCCCCCCCC/C=C\CCCCCCCCCC(=O)NC(CO)C(O)CCCCCCCCCCCCCCCCCCCCCCCCCC. The lowest BCUT2D eigenvalue weighted by Crippen LogP contribution is -2.45. The molecule has 74 heavy (non-hydrogen) atoms. The summed E-state index contributed by atoms with van der Waals surface area (Å²) in [5.74, 6) is -0.0398. The zero-order chi connectivity index (χ0) is 53.6. The van der Waals surface area contributed by atoms with Crippen molar-refractivity contribution in [2.24, 2.45) is 0 Å². The minimum atomic E-state index is -0.671. The van der Waals surface area contributed by atoms with E-state index >= 15 is 0 Å². The Morgan fingerprint density at radius 1 is 0.365 bits per heavy atom. The van der Waals surface area contributed by atoms with Gasteiger partial charge in [-0.2, -0.15) is 0 Å². The first-order valence-electron chi connectivity index (χ1n) is 33.6. The summed E-state index contributed by atoms with van der Waals surface area (Å²) in [6, 6.07) is -0.548. The Balaban J connectivity index is 3.43. The van der Waals surface area contributed by atoms with E-state index in [1.807, 2.05) is 0 Å². The van der Waals surface area contributed by atoms with E-state index in [1.54, 1.807) is 0 Å². The van der Waals surface area contributed by atoms with Crippen LogP contribution >= 0.6 is 0 Å². The van der Waals surface area contributed by atoms with Gasteiger partial charge < -0.3 is 20.3 Å². The number of hydrogen-bond donors (Lipinski definition) is 3. The number of unbranched alkanes of at least 4 members (excludes halogenated alkanes) is 48. The third kappa shape index (κ3) is 59.6. The Morgan fingerprint density at radius 2 is 0.635 bits per heavy atom. The molecule has 0 spiro atoms. The van der Waals surface area contributed by atoms with Crippen molar-refractivity contribution < 1.29 is 24.5 Å². The average molecular weight is 1040 g/mol. The maximum atomic E-state index is 12.5. The van der Waals surface area contributed by atoms with E-state index in [-0.39, 0.29) is 18.5 Å². The molecule has 0 aliphatic carbocycles.